The van der Waals surface area contributed by atoms with Gasteiger partial charge < -0.3 is 19.1 Å². The minimum atomic E-state index is -0.0901. The second-order valence-electron chi connectivity index (χ2n) is 6.45. The number of nitrogens with zero attached hydrogens (tertiary/aromatic N) is 1. The Hall–Kier alpha value is -2.69. The van der Waals surface area contributed by atoms with Crippen molar-refractivity contribution in [3.8, 4) is 17.2 Å². The first-order valence-electron chi connectivity index (χ1n) is 8.62. The van der Waals surface area contributed by atoms with Crippen molar-refractivity contribution < 1.29 is 19.0 Å². The number of carbonyl (C=O) groups is 1. The molecule has 0 aliphatic rings. The van der Waals surface area contributed by atoms with Gasteiger partial charge in [-0.15, -0.1) is 0 Å². The predicted molar refractivity (Wildman–Crippen MR) is 102 cm³/mol. The number of methoxy groups -OCH3 is 2. The fourth-order valence-electron chi connectivity index (χ4n) is 2.55. The number of ether oxygens (including phenoxy) is 3. The third kappa shape index (κ3) is 5.15. The summed E-state index contributed by atoms with van der Waals surface area (Å²) in [6, 6.07) is 13.5. The summed E-state index contributed by atoms with van der Waals surface area (Å²) in [6.45, 7) is 4.75. The average molecular weight is 357 g/mol. The van der Waals surface area contributed by atoms with E-state index in [1.807, 2.05) is 42.5 Å². The highest BCUT2D eigenvalue weighted by molar-refractivity contribution is 5.77. The van der Waals surface area contributed by atoms with Gasteiger partial charge in [-0.25, -0.2) is 0 Å². The molecule has 0 radical (unpaired) electrons. The van der Waals surface area contributed by atoms with Crippen LogP contribution in [0.25, 0.3) is 0 Å². The minimum Gasteiger partial charge on any atom is -0.493 e. The second-order valence-corrected chi connectivity index (χ2v) is 6.45. The maximum absolute atomic E-state index is 12.3. The number of hydrogen-bond donors (Lipinski definition) is 0. The standard InChI is InChI=1S/C21H27NO4/c1-15(2)17-7-9-18(10-8-17)26-14-21(23)22(3)13-16-6-11-19(24-4)20(12-16)25-5/h6-12,15H,13-14H2,1-5H3. The van der Waals surface area contributed by atoms with Gasteiger partial charge in [0.1, 0.15) is 5.75 Å². The largest absolute Gasteiger partial charge is 0.493 e. The summed E-state index contributed by atoms with van der Waals surface area (Å²) in [7, 11) is 4.94. The molecule has 5 heteroatoms. The molecule has 5 nitrogen and oxygen atoms in total. The molecular weight excluding hydrogens is 330 g/mol. The van der Waals surface area contributed by atoms with Gasteiger partial charge in [0.25, 0.3) is 5.91 Å². The SMILES string of the molecule is COc1ccc(CN(C)C(=O)COc2ccc(C(C)C)cc2)cc1OC. The topological polar surface area (TPSA) is 48.0 Å². The molecule has 0 bridgehead atoms. The minimum absolute atomic E-state index is 0.00478. The third-order valence-corrected chi connectivity index (χ3v) is 4.20. The van der Waals surface area contributed by atoms with Gasteiger partial charge in [0.05, 0.1) is 14.2 Å². The summed E-state index contributed by atoms with van der Waals surface area (Å²) < 4.78 is 16.1. The number of hydrogen-bond acceptors (Lipinski definition) is 4. The Morgan fingerprint density at radius 2 is 1.65 bits per heavy atom. The van der Waals surface area contributed by atoms with Gasteiger partial charge in [0, 0.05) is 13.6 Å². The van der Waals surface area contributed by atoms with Crippen molar-refractivity contribution in [2.45, 2.75) is 26.3 Å². The summed E-state index contributed by atoms with van der Waals surface area (Å²) in [6.07, 6.45) is 0. The Morgan fingerprint density at radius 1 is 1.00 bits per heavy atom. The number of rotatable bonds is 8. The molecule has 26 heavy (non-hydrogen) atoms. The Kier molecular flexibility index (Phi) is 6.89. The van der Waals surface area contributed by atoms with Gasteiger partial charge in [0.2, 0.25) is 0 Å². The average Bonchev–Trinajstić information content (AvgIpc) is 2.66. The van der Waals surface area contributed by atoms with Gasteiger partial charge in [-0.2, -0.15) is 0 Å². The molecule has 0 aromatic heterocycles. The van der Waals surface area contributed by atoms with Crippen molar-refractivity contribution in [2.24, 2.45) is 0 Å². The van der Waals surface area contributed by atoms with E-state index in [4.69, 9.17) is 14.2 Å². The number of carbonyl (C=O) groups excluding carboxylic acids is 1. The monoisotopic (exact) mass is 357 g/mol. The smallest absolute Gasteiger partial charge is 0.260 e. The zero-order valence-corrected chi connectivity index (χ0v) is 16.1. The van der Waals surface area contributed by atoms with Crippen LogP contribution in [0.3, 0.4) is 0 Å². The molecule has 0 atom stereocenters. The Morgan fingerprint density at radius 3 is 2.23 bits per heavy atom. The van der Waals surface area contributed by atoms with E-state index >= 15 is 0 Å². The van der Waals surface area contributed by atoms with Crippen molar-refractivity contribution in [2.75, 3.05) is 27.9 Å². The summed E-state index contributed by atoms with van der Waals surface area (Å²) in [5, 5.41) is 0. The van der Waals surface area contributed by atoms with Crippen molar-refractivity contribution in [1.29, 1.82) is 0 Å². The third-order valence-electron chi connectivity index (χ3n) is 4.20. The molecule has 0 aliphatic heterocycles. The van der Waals surface area contributed by atoms with Crippen molar-refractivity contribution in [3.05, 3.63) is 53.6 Å². The van der Waals surface area contributed by atoms with Crippen molar-refractivity contribution in [1.82, 2.24) is 4.90 Å². The van der Waals surface area contributed by atoms with E-state index in [9.17, 15) is 4.79 Å². The van der Waals surface area contributed by atoms with Crippen molar-refractivity contribution >= 4 is 5.91 Å². The highest BCUT2D eigenvalue weighted by Gasteiger charge is 2.12. The Labute approximate surface area is 155 Å². The van der Waals surface area contributed by atoms with Crippen molar-refractivity contribution in [3.63, 3.8) is 0 Å². The summed E-state index contributed by atoms with van der Waals surface area (Å²) in [5.74, 6) is 2.39. The van der Waals surface area contributed by atoms with Crippen LogP contribution in [0.5, 0.6) is 17.2 Å². The summed E-state index contributed by atoms with van der Waals surface area (Å²) in [5.41, 5.74) is 2.20. The van der Waals surface area contributed by atoms with E-state index in [0.717, 1.165) is 5.56 Å². The molecule has 0 saturated carbocycles. The Bertz CT molecular complexity index is 725. The lowest BCUT2D eigenvalue weighted by Crippen LogP contribution is -2.30. The van der Waals surface area contributed by atoms with E-state index in [1.165, 1.54) is 5.56 Å². The maximum Gasteiger partial charge on any atom is 0.260 e. The lowest BCUT2D eigenvalue weighted by atomic mass is 10.0. The van der Waals surface area contributed by atoms with Crippen LogP contribution in [0.2, 0.25) is 0 Å². The van der Waals surface area contributed by atoms with Gasteiger partial charge in [-0.05, 0) is 41.3 Å². The highest BCUT2D eigenvalue weighted by Crippen LogP contribution is 2.28. The van der Waals surface area contributed by atoms with Crippen LogP contribution >= 0.6 is 0 Å². The molecule has 0 unspecified atom stereocenters. The van der Waals surface area contributed by atoms with Crippen LogP contribution in [0.1, 0.15) is 30.9 Å². The first-order chi connectivity index (χ1) is 12.4. The van der Waals surface area contributed by atoms with Crippen LogP contribution in [0.15, 0.2) is 42.5 Å². The lowest BCUT2D eigenvalue weighted by molar-refractivity contribution is -0.132. The van der Waals surface area contributed by atoms with Gasteiger partial charge in [-0.3, -0.25) is 4.79 Å². The van der Waals surface area contributed by atoms with E-state index in [0.29, 0.717) is 29.7 Å². The summed E-state index contributed by atoms with van der Waals surface area (Å²) >= 11 is 0. The van der Waals surface area contributed by atoms with Gasteiger partial charge >= 0.3 is 0 Å². The molecule has 0 N–H and O–H groups in total. The molecule has 140 valence electrons. The molecule has 0 heterocycles. The maximum atomic E-state index is 12.3. The lowest BCUT2D eigenvalue weighted by Gasteiger charge is -2.18. The van der Waals surface area contributed by atoms with E-state index in [1.54, 1.807) is 26.2 Å². The molecular formula is C21H27NO4. The molecule has 0 aliphatic carbocycles. The zero-order chi connectivity index (χ0) is 19.1. The first-order valence-corrected chi connectivity index (χ1v) is 8.62. The van der Waals surface area contributed by atoms with Gasteiger partial charge in [0.15, 0.2) is 18.1 Å². The van der Waals surface area contributed by atoms with E-state index in [2.05, 4.69) is 13.8 Å². The normalized spacial score (nSPS) is 10.5. The first kappa shape index (κ1) is 19.6. The van der Waals surface area contributed by atoms with Crippen LogP contribution in [0, 0.1) is 0 Å². The van der Waals surface area contributed by atoms with E-state index in [-0.39, 0.29) is 12.5 Å². The Balaban J connectivity index is 1.91. The molecule has 0 saturated heterocycles. The predicted octanol–water partition coefficient (Wildman–Crippen LogP) is 3.86. The zero-order valence-electron chi connectivity index (χ0n) is 16.1. The fourth-order valence-corrected chi connectivity index (χ4v) is 2.55. The summed E-state index contributed by atoms with van der Waals surface area (Å²) in [4.78, 5) is 13.9. The van der Waals surface area contributed by atoms with Crippen LogP contribution in [-0.2, 0) is 11.3 Å². The molecule has 1 amide bonds. The quantitative estimate of drug-likeness (QED) is 0.720. The van der Waals surface area contributed by atoms with Gasteiger partial charge in [-0.1, -0.05) is 32.0 Å². The van der Waals surface area contributed by atoms with Crippen LogP contribution < -0.4 is 14.2 Å². The van der Waals surface area contributed by atoms with E-state index < -0.39 is 0 Å². The molecule has 0 spiro atoms. The van der Waals surface area contributed by atoms with Crippen LogP contribution in [0.4, 0.5) is 0 Å². The second kappa shape index (κ2) is 9.13. The molecule has 2 aromatic carbocycles. The molecule has 2 rings (SSSR count). The number of likely N-dealkylation sites (N-methyl/N-ethyl adjacent to an activating group) is 1. The molecule has 2 aromatic rings. The van der Waals surface area contributed by atoms with Crippen LogP contribution in [-0.4, -0.2) is 38.7 Å². The number of benzene rings is 2. The molecule has 0 fully saturated rings. The fraction of sp³-hybridized carbons (Fsp3) is 0.381. The highest BCUT2D eigenvalue weighted by atomic mass is 16.5. The number of amides is 1.